The first-order chi connectivity index (χ1) is 9.37. The van der Waals surface area contributed by atoms with Crippen LogP contribution in [0.2, 0.25) is 10.0 Å². The zero-order valence-electron chi connectivity index (χ0n) is 10.9. The number of rotatable bonds is 5. The third-order valence-electron chi connectivity index (χ3n) is 2.43. The maximum absolute atomic E-state index is 14.9. The lowest BCUT2D eigenvalue weighted by Gasteiger charge is -2.21. The molecule has 1 rings (SSSR count). The molecule has 0 aliphatic carbocycles. The van der Waals surface area contributed by atoms with Crippen molar-refractivity contribution in [2.75, 3.05) is 13.2 Å². The number of carbonyl (C=O) groups is 2. The molecule has 0 amide bonds. The van der Waals surface area contributed by atoms with E-state index in [1.807, 2.05) is 0 Å². The van der Waals surface area contributed by atoms with Crippen molar-refractivity contribution in [3.05, 3.63) is 33.8 Å². The molecular weight excluding hydrogens is 310 g/mol. The average Bonchev–Trinajstić information content (AvgIpc) is 2.41. The van der Waals surface area contributed by atoms with Gasteiger partial charge in [0.1, 0.15) is 0 Å². The van der Waals surface area contributed by atoms with Crippen LogP contribution in [0.1, 0.15) is 19.4 Å². The molecule has 0 radical (unpaired) electrons. The molecule has 0 bridgehead atoms. The molecule has 1 aromatic rings. The number of ether oxygens (including phenoxy) is 2. The molecule has 0 N–H and O–H groups in total. The van der Waals surface area contributed by atoms with Gasteiger partial charge >= 0.3 is 17.6 Å². The summed E-state index contributed by atoms with van der Waals surface area (Å²) in [7, 11) is 0. The van der Waals surface area contributed by atoms with Gasteiger partial charge < -0.3 is 9.47 Å². The van der Waals surface area contributed by atoms with Gasteiger partial charge in [-0.3, -0.25) is 0 Å². The zero-order chi connectivity index (χ0) is 15.3. The van der Waals surface area contributed by atoms with Gasteiger partial charge in [0, 0.05) is 5.56 Å². The lowest BCUT2D eigenvalue weighted by atomic mass is 9.96. The Hall–Kier alpha value is -1.33. The molecule has 0 heterocycles. The summed E-state index contributed by atoms with van der Waals surface area (Å²) in [6, 6.07) is 3.56. The van der Waals surface area contributed by atoms with E-state index >= 15 is 0 Å². The maximum atomic E-state index is 14.9. The molecule has 20 heavy (non-hydrogen) atoms. The van der Waals surface area contributed by atoms with Gasteiger partial charge in [0.25, 0.3) is 0 Å². The summed E-state index contributed by atoms with van der Waals surface area (Å²) in [4.78, 5) is 23.6. The van der Waals surface area contributed by atoms with Gasteiger partial charge in [0.2, 0.25) is 0 Å². The summed E-state index contributed by atoms with van der Waals surface area (Å²) in [6.07, 6.45) is 0. The Morgan fingerprint density at radius 1 is 1.10 bits per heavy atom. The third kappa shape index (κ3) is 3.22. The van der Waals surface area contributed by atoms with E-state index in [1.165, 1.54) is 26.0 Å². The Morgan fingerprint density at radius 3 is 2.00 bits per heavy atom. The number of halogens is 3. The minimum Gasteiger partial charge on any atom is -0.463 e. The summed E-state index contributed by atoms with van der Waals surface area (Å²) in [5.74, 6) is -2.70. The van der Waals surface area contributed by atoms with Gasteiger partial charge in [-0.1, -0.05) is 29.3 Å². The SMILES string of the molecule is CCOC(=O)C(F)(C(=O)OCC)c1ccc(Cl)c(Cl)c1. The van der Waals surface area contributed by atoms with Gasteiger partial charge in [0.05, 0.1) is 23.3 Å². The summed E-state index contributed by atoms with van der Waals surface area (Å²) in [5.41, 5.74) is -3.36. The highest BCUT2D eigenvalue weighted by Crippen LogP contribution is 2.33. The van der Waals surface area contributed by atoms with Crippen molar-refractivity contribution >= 4 is 35.1 Å². The lowest BCUT2D eigenvalue weighted by Crippen LogP contribution is -2.42. The van der Waals surface area contributed by atoms with Gasteiger partial charge in [-0.05, 0) is 26.0 Å². The standard InChI is InChI=1S/C13H13Cl2FO4/c1-3-19-11(17)13(16,12(18)20-4-2)8-5-6-9(14)10(15)7-8/h5-7H,3-4H2,1-2H3. The van der Waals surface area contributed by atoms with Crippen LogP contribution in [0.3, 0.4) is 0 Å². The Kier molecular flexibility index (Phi) is 5.77. The van der Waals surface area contributed by atoms with Gasteiger partial charge in [-0.25, -0.2) is 14.0 Å². The van der Waals surface area contributed by atoms with Crippen LogP contribution >= 0.6 is 23.2 Å². The molecule has 4 nitrogen and oxygen atoms in total. The van der Waals surface area contributed by atoms with E-state index in [2.05, 4.69) is 9.47 Å². The normalized spacial score (nSPS) is 11.1. The van der Waals surface area contributed by atoms with Crippen LogP contribution in [0.4, 0.5) is 4.39 Å². The largest absolute Gasteiger partial charge is 0.463 e. The molecular formula is C13H13Cl2FO4. The van der Waals surface area contributed by atoms with E-state index in [0.717, 1.165) is 6.07 Å². The highest BCUT2D eigenvalue weighted by atomic mass is 35.5. The molecule has 110 valence electrons. The third-order valence-corrected chi connectivity index (χ3v) is 3.17. The molecule has 0 atom stereocenters. The highest BCUT2D eigenvalue weighted by molar-refractivity contribution is 6.42. The monoisotopic (exact) mass is 322 g/mol. The van der Waals surface area contributed by atoms with Crippen molar-refractivity contribution in [3.8, 4) is 0 Å². The van der Waals surface area contributed by atoms with Crippen LogP contribution in [-0.4, -0.2) is 25.2 Å². The van der Waals surface area contributed by atoms with E-state index < -0.39 is 17.6 Å². The summed E-state index contributed by atoms with van der Waals surface area (Å²) >= 11 is 11.5. The minimum absolute atomic E-state index is 0.0137. The van der Waals surface area contributed by atoms with Crippen molar-refractivity contribution in [1.82, 2.24) is 0 Å². The molecule has 0 fully saturated rings. The van der Waals surface area contributed by atoms with Crippen molar-refractivity contribution in [1.29, 1.82) is 0 Å². The predicted octanol–water partition coefficient (Wildman–Crippen LogP) is 3.28. The summed E-state index contributed by atoms with van der Waals surface area (Å²) < 4.78 is 24.2. The predicted molar refractivity (Wildman–Crippen MR) is 72.5 cm³/mol. The summed E-state index contributed by atoms with van der Waals surface area (Å²) in [5, 5.41) is 0.185. The van der Waals surface area contributed by atoms with Crippen LogP contribution < -0.4 is 0 Å². The fourth-order valence-electron chi connectivity index (χ4n) is 1.49. The topological polar surface area (TPSA) is 52.6 Å². The van der Waals surface area contributed by atoms with E-state index in [4.69, 9.17) is 23.2 Å². The smallest absolute Gasteiger partial charge is 0.360 e. The second-order valence-corrected chi connectivity index (χ2v) is 4.54. The summed E-state index contributed by atoms with van der Waals surface area (Å²) in [6.45, 7) is 2.84. The molecule has 1 aromatic carbocycles. The van der Waals surface area contributed by atoms with Crippen LogP contribution in [-0.2, 0) is 24.7 Å². The first kappa shape index (κ1) is 16.7. The molecule has 0 aliphatic heterocycles. The first-order valence-corrected chi connectivity index (χ1v) is 6.62. The fourth-order valence-corrected chi connectivity index (χ4v) is 1.79. The number of alkyl halides is 1. The van der Waals surface area contributed by atoms with Crippen molar-refractivity contribution in [3.63, 3.8) is 0 Å². The van der Waals surface area contributed by atoms with E-state index in [9.17, 15) is 14.0 Å². The van der Waals surface area contributed by atoms with Gasteiger partial charge in [0.15, 0.2) is 0 Å². The highest BCUT2D eigenvalue weighted by Gasteiger charge is 2.52. The molecule has 0 aliphatic rings. The molecule has 0 saturated carbocycles. The lowest BCUT2D eigenvalue weighted by molar-refractivity contribution is -0.175. The molecule has 0 spiro atoms. The number of hydrogen-bond donors (Lipinski definition) is 0. The molecule has 0 aromatic heterocycles. The van der Waals surface area contributed by atoms with E-state index in [0.29, 0.717) is 0 Å². The van der Waals surface area contributed by atoms with Gasteiger partial charge in [-0.2, -0.15) is 0 Å². The van der Waals surface area contributed by atoms with Crippen LogP contribution in [0.5, 0.6) is 0 Å². The molecule has 0 unspecified atom stereocenters. The first-order valence-electron chi connectivity index (χ1n) is 5.86. The van der Waals surface area contributed by atoms with Crippen molar-refractivity contribution < 1.29 is 23.5 Å². The maximum Gasteiger partial charge on any atom is 0.360 e. The van der Waals surface area contributed by atoms with Crippen LogP contribution in [0.25, 0.3) is 0 Å². The Labute approximate surface area is 125 Å². The number of carbonyl (C=O) groups excluding carboxylic acids is 2. The zero-order valence-corrected chi connectivity index (χ0v) is 12.4. The Bertz CT molecular complexity index is 501. The Balaban J connectivity index is 3.32. The number of esters is 2. The average molecular weight is 323 g/mol. The quantitative estimate of drug-likeness (QED) is 0.616. The second-order valence-electron chi connectivity index (χ2n) is 3.73. The van der Waals surface area contributed by atoms with Crippen LogP contribution in [0, 0.1) is 0 Å². The fraction of sp³-hybridized carbons (Fsp3) is 0.385. The van der Waals surface area contributed by atoms with Gasteiger partial charge in [-0.15, -0.1) is 0 Å². The molecule has 0 saturated heterocycles. The number of hydrogen-bond acceptors (Lipinski definition) is 4. The van der Waals surface area contributed by atoms with Crippen LogP contribution in [0.15, 0.2) is 18.2 Å². The van der Waals surface area contributed by atoms with Crippen molar-refractivity contribution in [2.45, 2.75) is 19.5 Å². The number of benzene rings is 1. The van der Waals surface area contributed by atoms with E-state index in [-0.39, 0.29) is 28.8 Å². The second kappa shape index (κ2) is 6.90. The van der Waals surface area contributed by atoms with Crippen molar-refractivity contribution in [2.24, 2.45) is 0 Å². The molecule has 7 heteroatoms. The minimum atomic E-state index is -3.07. The Morgan fingerprint density at radius 2 is 1.60 bits per heavy atom. The van der Waals surface area contributed by atoms with E-state index in [1.54, 1.807) is 0 Å².